The van der Waals surface area contributed by atoms with Gasteiger partial charge in [0.15, 0.2) is 5.69 Å². The number of aromatic nitrogens is 2. The highest BCUT2D eigenvalue weighted by Crippen LogP contribution is 2.33. The molecule has 0 bridgehead atoms. The van der Waals surface area contributed by atoms with Crippen molar-refractivity contribution < 1.29 is 32.6 Å². The third-order valence-electron chi connectivity index (χ3n) is 2.81. The zero-order chi connectivity index (χ0) is 18.3. The van der Waals surface area contributed by atoms with Crippen LogP contribution < -0.4 is 0 Å². The van der Waals surface area contributed by atoms with Gasteiger partial charge in [-0.15, -0.1) is 0 Å². The number of rotatable bonds is 4. The summed E-state index contributed by atoms with van der Waals surface area (Å²) in [5, 5.41) is 12.4. The predicted molar refractivity (Wildman–Crippen MR) is 78.0 cm³/mol. The topological polar surface area (TPSA) is 81.4 Å². The molecule has 0 saturated heterocycles. The lowest BCUT2D eigenvalue weighted by atomic mass is 10.2. The zero-order valence-electron chi connectivity index (χ0n) is 12.9. The normalized spacial score (nSPS) is 10.5. The fourth-order valence-corrected chi connectivity index (χ4v) is 1.78. The molecule has 24 heavy (non-hydrogen) atoms. The number of alkyl halides is 3. The predicted octanol–water partition coefficient (Wildman–Crippen LogP) is 3.08. The van der Waals surface area contributed by atoms with E-state index in [1.165, 1.54) is 31.2 Å². The number of hydrogen-bond donors (Lipinski definition) is 1. The summed E-state index contributed by atoms with van der Waals surface area (Å²) in [7, 11) is 0. The van der Waals surface area contributed by atoms with Crippen LogP contribution in [-0.2, 0) is 15.7 Å². The van der Waals surface area contributed by atoms with Gasteiger partial charge in [-0.1, -0.05) is 0 Å². The number of aromatic carboxylic acids is 1. The van der Waals surface area contributed by atoms with E-state index in [2.05, 4.69) is 9.84 Å². The molecular weight excluding hydrogens is 329 g/mol. The van der Waals surface area contributed by atoms with Crippen LogP contribution in [0.25, 0.3) is 5.69 Å². The molecule has 0 amide bonds. The molecule has 0 aliphatic heterocycles. The molecule has 1 N–H and O–H groups in total. The highest BCUT2D eigenvalue weighted by Gasteiger charge is 2.37. The monoisotopic (exact) mass is 344 g/mol. The van der Waals surface area contributed by atoms with Crippen molar-refractivity contribution in [1.29, 1.82) is 0 Å². The number of carbonyl (C=O) groups is 2. The van der Waals surface area contributed by atoms with E-state index < -0.39 is 17.8 Å². The van der Waals surface area contributed by atoms with Gasteiger partial charge in [-0.2, -0.15) is 18.3 Å². The van der Waals surface area contributed by atoms with E-state index in [0.717, 1.165) is 10.9 Å². The van der Waals surface area contributed by atoms with Gasteiger partial charge in [-0.25, -0.2) is 9.48 Å². The number of carbonyl (C=O) groups excluding carboxylic acids is 1. The number of ether oxygens (including phenoxy) is 1. The number of nitrogens with zero attached hydrogens (tertiary/aromatic N) is 2. The summed E-state index contributed by atoms with van der Waals surface area (Å²) >= 11 is 0. The van der Waals surface area contributed by atoms with Crippen molar-refractivity contribution in [1.82, 2.24) is 9.78 Å². The average Bonchev–Trinajstić information content (AvgIpc) is 2.91. The minimum Gasteiger partial charge on any atom is -0.478 e. The maximum Gasteiger partial charge on any atom is 0.433 e. The lowest BCUT2D eigenvalue weighted by Gasteiger charge is -2.11. The molecule has 0 atom stereocenters. The second-order valence-corrected chi connectivity index (χ2v) is 4.49. The SMILES string of the molecule is CCOC=O.Cc1cnn(-c2ccc(C(=O)O)cc2)c1C(F)(F)F. The first-order valence-corrected chi connectivity index (χ1v) is 6.73. The zero-order valence-corrected chi connectivity index (χ0v) is 12.9. The van der Waals surface area contributed by atoms with Crippen LogP contribution in [0.1, 0.15) is 28.5 Å². The molecule has 0 radical (unpaired) electrons. The van der Waals surface area contributed by atoms with Crippen molar-refractivity contribution in [2.24, 2.45) is 0 Å². The van der Waals surface area contributed by atoms with Gasteiger partial charge in [0, 0.05) is 0 Å². The van der Waals surface area contributed by atoms with E-state index in [-0.39, 0.29) is 16.8 Å². The number of halogens is 3. The number of benzene rings is 1. The Morgan fingerprint density at radius 2 is 1.92 bits per heavy atom. The molecule has 130 valence electrons. The van der Waals surface area contributed by atoms with E-state index >= 15 is 0 Å². The molecule has 0 unspecified atom stereocenters. The summed E-state index contributed by atoms with van der Waals surface area (Å²) < 4.78 is 43.5. The Morgan fingerprint density at radius 3 is 2.29 bits per heavy atom. The van der Waals surface area contributed by atoms with Crippen molar-refractivity contribution in [3.63, 3.8) is 0 Å². The number of aryl methyl sites for hydroxylation is 1. The van der Waals surface area contributed by atoms with Crippen molar-refractivity contribution >= 4 is 12.4 Å². The van der Waals surface area contributed by atoms with E-state index in [1.807, 2.05) is 0 Å². The highest BCUT2D eigenvalue weighted by atomic mass is 19.4. The van der Waals surface area contributed by atoms with E-state index in [9.17, 15) is 22.8 Å². The fourth-order valence-electron chi connectivity index (χ4n) is 1.78. The first kappa shape index (κ1) is 19.2. The van der Waals surface area contributed by atoms with Gasteiger partial charge in [-0.3, -0.25) is 4.79 Å². The molecule has 0 saturated carbocycles. The van der Waals surface area contributed by atoms with E-state index in [4.69, 9.17) is 5.11 Å². The molecule has 1 aromatic heterocycles. The molecule has 0 spiro atoms. The molecule has 2 rings (SSSR count). The number of carboxylic acid groups (broad SMARTS) is 1. The molecule has 1 heterocycles. The number of hydrogen-bond acceptors (Lipinski definition) is 4. The summed E-state index contributed by atoms with van der Waals surface area (Å²) in [5.41, 5.74) is -0.697. The van der Waals surface area contributed by atoms with Crippen LogP contribution in [-0.4, -0.2) is 33.9 Å². The van der Waals surface area contributed by atoms with Gasteiger partial charge in [0.2, 0.25) is 0 Å². The second-order valence-electron chi connectivity index (χ2n) is 4.49. The third kappa shape index (κ3) is 4.83. The first-order valence-electron chi connectivity index (χ1n) is 6.73. The minimum absolute atomic E-state index is 0.00110. The Labute approximate surface area is 135 Å². The highest BCUT2D eigenvalue weighted by molar-refractivity contribution is 5.87. The van der Waals surface area contributed by atoms with Crippen LogP contribution in [0.4, 0.5) is 13.2 Å². The molecule has 0 aliphatic rings. The second kappa shape index (κ2) is 8.14. The van der Waals surface area contributed by atoms with Crippen molar-refractivity contribution in [3.8, 4) is 5.69 Å². The van der Waals surface area contributed by atoms with Crippen molar-refractivity contribution in [2.75, 3.05) is 6.61 Å². The average molecular weight is 344 g/mol. The van der Waals surface area contributed by atoms with Gasteiger partial charge in [0.1, 0.15) is 0 Å². The Morgan fingerprint density at radius 1 is 1.33 bits per heavy atom. The number of carboxylic acids is 1. The molecule has 2 aromatic rings. The molecule has 1 aromatic carbocycles. The Bertz CT molecular complexity index is 694. The maximum atomic E-state index is 12.9. The smallest absolute Gasteiger partial charge is 0.433 e. The van der Waals surface area contributed by atoms with Gasteiger partial charge >= 0.3 is 12.1 Å². The van der Waals surface area contributed by atoms with E-state index in [0.29, 0.717) is 13.1 Å². The van der Waals surface area contributed by atoms with Crippen LogP contribution in [0.2, 0.25) is 0 Å². The van der Waals surface area contributed by atoms with Crippen LogP contribution in [0.3, 0.4) is 0 Å². The first-order chi connectivity index (χ1) is 11.2. The lowest BCUT2D eigenvalue weighted by Crippen LogP contribution is -2.14. The van der Waals surface area contributed by atoms with E-state index in [1.54, 1.807) is 6.92 Å². The summed E-state index contributed by atoms with van der Waals surface area (Å²) in [4.78, 5) is 19.9. The molecule has 0 aliphatic carbocycles. The van der Waals surface area contributed by atoms with Gasteiger partial charge in [-0.05, 0) is 43.7 Å². The van der Waals surface area contributed by atoms with Crippen molar-refractivity contribution in [3.05, 3.63) is 47.3 Å². The molecule has 6 nitrogen and oxygen atoms in total. The van der Waals surface area contributed by atoms with Crippen LogP contribution >= 0.6 is 0 Å². The Kier molecular flexibility index (Phi) is 6.51. The van der Waals surface area contributed by atoms with Crippen molar-refractivity contribution in [2.45, 2.75) is 20.0 Å². The van der Waals surface area contributed by atoms with Crippen LogP contribution in [0, 0.1) is 6.92 Å². The largest absolute Gasteiger partial charge is 0.478 e. The van der Waals surface area contributed by atoms with Gasteiger partial charge < -0.3 is 9.84 Å². The molecular formula is C15H15F3N2O4. The van der Waals surface area contributed by atoms with Crippen LogP contribution in [0.5, 0.6) is 0 Å². The van der Waals surface area contributed by atoms with Crippen LogP contribution in [0.15, 0.2) is 30.5 Å². The van der Waals surface area contributed by atoms with Gasteiger partial charge in [0.25, 0.3) is 6.47 Å². The summed E-state index contributed by atoms with van der Waals surface area (Å²) in [6.07, 6.45) is -3.40. The Hall–Kier alpha value is -2.84. The lowest BCUT2D eigenvalue weighted by molar-refractivity contribution is -0.143. The Balaban J connectivity index is 0.000000505. The summed E-state index contributed by atoms with van der Waals surface area (Å²) in [5.74, 6) is -1.14. The van der Waals surface area contributed by atoms with Gasteiger partial charge in [0.05, 0.1) is 24.1 Å². The fraction of sp³-hybridized carbons (Fsp3) is 0.267. The molecule has 0 fully saturated rings. The summed E-state index contributed by atoms with van der Waals surface area (Å²) in [6.45, 7) is 3.98. The summed E-state index contributed by atoms with van der Waals surface area (Å²) in [6, 6.07) is 5.03. The quantitative estimate of drug-likeness (QED) is 0.862. The standard InChI is InChI=1S/C12H9F3N2O2.C3H6O2/c1-7-6-16-17(10(7)12(13,14)15)9-4-2-8(3-5-9)11(18)19;1-2-5-3-4/h2-6H,1H3,(H,18,19);3H,2H2,1H3. The molecule has 9 heteroatoms. The third-order valence-corrected chi connectivity index (χ3v) is 2.81. The minimum atomic E-state index is -4.52. The maximum absolute atomic E-state index is 12.9.